The molecule has 8 amide bonds. The number of hydrogen-bond acceptors (Lipinski definition) is 22. The summed E-state index contributed by atoms with van der Waals surface area (Å²) in [5, 5.41) is 4.27. The summed E-state index contributed by atoms with van der Waals surface area (Å²) in [7, 11) is 0. The molecule has 0 saturated heterocycles. The van der Waals surface area contributed by atoms with E-state index in [1.165, 1.54) is 260 Å². The van der Waals surface area contributed by atoms with E-state index >= 15 is 0 Å². The molecule has 0 saturated carbocycles. The zero-order chi connectivity index (χ0) is 104. The average Bonchev–Trinajstić information content (AvgIpc) is 1.60. The second kappa shape index (κ2) is 59.6. The molecule has 14 aromatic heterocycles. The van der Waals surface area contributed by atoms with Crippen LogP contribution in [0.1, 0.15) is 353 Å². The first-order valence-electron chi connectivity index (χ1n) is 53.2. The van der Waals surface area contributed by atoms with Crippen molar-refractivity contribution in [2.24, 2.45) is 0 Å². The SMILES string of the molecule is CCCCCCc1cc[c]([Sn]([CH2]CCC)([CH2]CCC)[CH2]CCC)s1.CCCCCCc1ccc(-c2ccc(-c3ccc(-c4cc5c(s4)C(=O)N(CCCC)C5=O)s3)s2)s1.CCCCN1C(=O)c2cc(-c3ccc(-c4ccc(Br)s4)s3)sc2C1=O.CCCCN1C(=O)c2cc(-c3ccc(-c4cccs4)s3)sc2C1=O.CCCCN1C(=O)c2cc(Br)sc2C1=O.CCC[CH2][Sn]([CH2]CCC)([CH2]CCC)[c]1ccc(-c2cccs2)s1. The molecule has 0 unspecified atom stereocenters. The van der Waals surface area contributed by atoms with E-state index in [9.17, 15) is 38.4 Å². The predicted molar refractivity (Wildman–Crippen MR) is 654 cm³/mol. The molecule has 0 aromatic carbocycles. The fraction of sp³-hybridized carbons (Fsp3) is 0.448. The second-order valence-corrected chi connectivity index (χ2v) is 84.1. The van der Waals surface area contributed by atoms with Gasteiger partial charge in [-0.25, -0.2) is 0 Å². The maximum atomic E-state index is 12.7. The third-order valence-corrected chi connectivity index (χ3v) is 81.3. The number of aryl methyl sites for hydroxylation is 2. The van der Waals surface area contributed by atoms with E-state index in [0.29, 0.717) is 67.9 Å². The summed E-state index contributed by atoms with van der Waals surface area (Å²) in [6, 6.07) is 51.8. The normalized spacial score (nSPS) is 13.2. The number of carbonyl (C=O) groups excluding carboxylic acids is 8. The van der Waals surface area contributed by atoms with Gasteiger partial charge >= 0.3 is 317 Å². The van der Waals surface area contributed by atoms with Crippen molar-refractivity contribution < 1.29 is 38.4 Å². The van der Waals surface area contributed by atoms with E-state index in [1.807, 2.05) is 77.1 Å². The van der Waals surface area contributed by atoms with Crippen molar-refractivity contribution in [3.63, 3.8) is 0 Å². The van der Waals surface area contributed by atoms with Gasteiger partial charge in [0.2, 0.25) is 0 Å². The summed E-state index contributed by atoms with van der Waals surface area (Å²) < 4.78 is 15.3. The van der Waals surface area contributed by atoms with E-state index in [-0.39, 0.29) is 47.3 Å². The summed E-state index contributed by atoms with van der Waals surface area (Å²) >= 11 is 26.7. The Morgan fingerprint density at radius 3 is 0.801 bits per heavy atom. The van der Waals surface area contributed by atoms with Crippen LogP contribution >= 0.6 is 191 Å². The van der Waals surface area contributed by atoms with Gasteiger partial charge in [-0.05, 0) is 179 Å². The molecule has 0 N–H and O–H groups in total. The van der Waals surface area contributed by atoms with Gasteiger partial charge < -0.3 is 0 Å². The molecule has 18 rings (SSSR count). The zero-order valence-corrected chi connectivity index (χ0v) is 107. The molecule has 0 spiro atoms. The molecule has 0 aliphatic carbocycles. The molecular weight excluding hydrogens is 2420 g/mol. The monoisotopic (exact) mass is 2560 g/mol. The fourth-order valence-electron chi connectivity index (χ4n) is 18.6. The molecule has 0 fully saturated rings. The van der Waals surface area contributed by atoms with Crippen LogP contribution in [0.4, 0.5) is 0 Å². The number of unbranched alkanes of at least 4 members (excludes halogenated alkanes) is 16. The molecule has 0 atom stereocenters. The standard InChI is InChI=1S/C28H29NO2S4.C18H14BrNO2S3.C18H15NO2S3.C10H10BrNO2S.C10H15S.C8H5S2.6C4H9.2Sn/c1-3-5-7-8-9-18-10-11-20(32-18)21-12-13-22(33-21)23-14-15-24(34-23)25-17-19-26(35-25)28(31)29(27(19)30)16-6-4-2;1-2-3-8-20-17(21)10-9-14(25-16(10)18(20)22)13-5-4-11(23-13)12-6-7-15(19)24-12;1-2-3-8-19-17(20)11-10-15(24-16(11)18(19)21)14-7-6-13(23-14)12-5-4-9-22-12;1-2-3-4-12-9(13)6-5-7(11)15-8(6)10(12)14;1-2-3-4-5-7-10-8-6-9-11-10;1-3-7(9-5-1)8-4-2-6-10-8;6*1-3-4-2;;/h10-15,17H,3-9,16H2,1-2H3;4-7,9H,2-3,8H2,1H3;4-7,9-10H,2-3,8H2,1H3;5H,2-4H2,1H3;6,8H,2-5,7H2,1H3;1-5H;6*1,3-4H2,2H3;;. The Labute approximate surface area is 948 Å². The summed E-state index contributed by atoms with van der Waals surface area (Å²) in [4.78, 5) is 129. The molecule has 4 aliphatic rings. The Morgan fingerprint density at radius 1 is 0.219 bits per heavy atom. The Hall–Kier alpha value is -5.08. The van der Waals surface area contributed by atoms with Crippen molar-refractivity contribution in [2.75, 3.05) is 26.2 Å². The van der Waals surface area contributed by atoms with E-state index in [0.717, 1.165) is 88.2 Å². The number of carbonyl (C=O) groups is 8. The van der Waals surface area contributed by atoms with E-state index in [1.54, 1.807) is 94.2 Å². The summed E-state index contributed by atoms with van der Waals surface area (Å²) in [6.07, 6.45) is 37.6. The van der Waals surface area contributed by atoms with E-state index < -0.39 is 36.8 Å². The minimum absolute atomic E-state index is 0.130. The van der Waals surface area contributed by atoms with Crippen LogP contribution in [0.15, 0.2) is 164 Å². The molecule has 18 heterocycles. The molecular formula is C116H142Br2N4O8S14Sn2. The Balaban J connectivity index is 0.000000149. The molecule has 30 heteroatoms. The van der Waals surface area contributed by atoms with Crippen LogP contribution in [0.3, 0.4) is 0 Å². The number of amides is 8. The molecule has 0 radical (unpaired) electrons. The van der Waals surface area contributed by atoms with Crippen molar-refractivity contribution in [1.29, 1.82) is 0 Å². The first-order chi connectivity index (χ1) is 71.0. The summed E-state index contributed by atoms with van der Waals surface area (Å²) in [6.45, 7) is 29.1. The van der Waals surface area contributed by atoms with Gasteiger partial charge in [-0.1, -0.05) is 85.6 Å². The van der Waals surface area contributed by atoms with Crippen molar-refractivity contribution in [3.8, 4) is 78.0 Å². The van der Waals surface area contributed by atoms with Crippen LogP contribution in [0.25, 0.3) is 78.0 Å². The first kappa shape index (κ1) is 118. The van der Waals surface area contributed by atoms with E-state index in [2.05, 4.69) is 251 Å². The van der Waals surface area contributed by atoms with Gasteiger partial charge in [-0.2, -0.15) is 0 Å². The minimum atomic E-state index is -2.19. The number of thiophene rings is 14. The summed E-state index contributed by atoms with van der Waals surface area (Å²) in [5.74, 6) is -1.10. The average molecular weight is 2570 g/mol. The Kier molecular flexibility index (Phi) is 48.1. The molecule has 4 aliphatic heterocycles. The molecule has 14 aromatic rings. The van der Waals surface area contributed by atoms with E-state index in [4.69, 9.17) is 0 Å². The fourth-order valence-corrected chi connectivity index (χ4v) is 72.6. The van der Waals surface area contributed by atoms with Gasteiger partial charge in [0.25, 0.3) is 47.3 Å². The third-order valence-electron chi connectivity index (χ3n) is 27.1. The van der Waals surface area contributed by atoms with Crippen LogP contribution in [-0.4, -0.2) is 130 Å². The predicted octanol–water partition coefficient (Wildman–Crippen LogP) is 39.8. The van der Waals surface area contributed by atoms with Crippen molar-refractivity contribution in [3.05, 3.63) is 215 Å². The van der Waals surface area contributed by atoms with Crippen molar-refractivity contribution in [1.82, 2.24) is 19.6 Å². The van der Waals surface area contributed by atoms with Crippen LogP contribution < -0.4 is 5.79 Å². The quantitative estimate of drug-likeness (QED) is 0.0208. The number of halogens is 2. The Morgan fingerprint density at radius 2 is 0.486 bits per heavy atom. The number of hydrogen-bond donors (Lipinski definition) is 0. The van der Waals surface area contributed by atoms with Gasteiger partial charge in [0.05, 0.1) is 29.8 Å². The Bertz CT molecular complexity index is 6350. The van der Waals surface area contributed by atoms with Crippen LogP contribution in [0, 0.1) is 0 Å². The molecule has 12 nitrogen and oxygen atoms in total. The first-order valence-corrected chi connectivity index (χ1v) is 81.3. The van der Waals surface area contributed by atoms with Crippen molar-refractivity contribution in [2.45, 2.75) is 302 Å². The van der Waals surface area contributed by atoms with Crippen LogP contribution in [0.5, 0.6) is 0 Å². The third kappa shape index (κ3) is 30.4. The number of nitrogens with zero attached hydrogens (tertiary/aromatic N) is 4. The molecule has 0 bridgehead atoms. The van der Waals surface area contributed by atoms with Crippen LogP contribution in [-0.2, 0) is 12.8 Å². The molecule has 780 valence electrons. The van der Waals surface area contributed by atoms with Gasteiger partial charge in [0.15, 0.2) is 0 Å². The van der Waals surface area contributed by atoms with Gasteiger partial charge in [-0.3, -0.25) is 58.0 Å². The van der Waals surface area contributed by atoms with Crippen molar-refractivity contribution >= 4 is 280 Å². The number of imide groups is 4. The summed E-state index contributed by atoms with van der Waals surface area (Å²) in [5.41, 5.74) is 2.26. The zero-order valence-electron chi connectivity index (χ0n) is 86.8. The topological polar surface area (TPSA) is 150 Å². The van der Waals surface area contributed by atoms with Crippen LogP contribution in [0.2, 0.25) is 26.6 Å². The van der Waals surface area contributed by atoms with Gasteiger partial charge in [0.1, 0.15) is 19.5 Å². The van der Waals surface area contributed by atoms with Gasteiger partial charge in [-0.15, -0.1) is 125 Å². The molecule has 146 heavy (non-hydrogen) atoms. The van der Waals surface area contributed by atoms with Gasteiger partial charge in [0, 0.05) is 99.3 Å². The maximum absolute atomic E-state index is 12.7. The number of rotatable bonds is 50. The second-order valence-electron chi connectivity index (χ2n) is 38.0. The number of fused-ring (bicyclic) bond motifs is 4.